The SMILES string of the molecule is C1=CCC(NCC2CC3CCC2C3)CC1. The second kappa shape index (κ2) is 4.29. The Morgan fingerprint density at radius 2 is 2.07 bits per heavy atom. The first-order valence-corrected chi connectivity index (χ1v) is 6.80. The van der Waals surface area contributed by atoms with Crippen LogP contribution in [0, 0.1) is 17.8 Å². The first kappa shape index (κ1) is 9.89. The van der Waals surface area contributed by atoms with Crippen molar-refractivity contribution in [2.24, 2.45) is 17.8 Å². The maximum absolute atomic E-state index is 3.80. The van der Waals surface area contributed by atoms with Crippen LogP contribution >= 0.6 is 0 Å². The van der Waals surface area contributed by atoms with Crippen LogP contribution in [0.5, 0.6) is 0 Å². The van der Waals surface area contributed by atoms with E-state index in [0.717, 1.165) is 23.8 Å². The van der Waals surface area contributed by atoms with Crippen molar-refractivity contribution in [2.75, 3.05) is 6.54 Å². The Morgan fingerprint density at radius 1 is 1.07 bits per heavy atom. The van der Waals surface area contributed by atoms with E-state index in [9.17, 15) is 0 Å². The fourth-order valence-electron chi connectivity index (χ4n) is 3.92. The molecule has 2 bridgehead atoms. The maximum atomic E-state index is 3.80. The van der Waals surface area contributed by atoms with Crippen LogP contribution in [0.15, 0.2) is 12.2 Å². The molecule has 84 valence electrons. The van der Waals surface area contributed by atoms with Gasteiger partial charge in [0.15, 0.2) is 0 Å². The van der Waals surface area contributed by atoms with Gasteiger partial charge in [0.25, 0.3) is 0 Å². The average molecular weight is 205 g/mol. The number of hydrogen-bond donors (Lipinski definition) is 1. The highest BCUT2D eigenvalue weighted by atomic mass is 14.9. The largest absolute Gasteiger partial charge is 0.313 e. The minimum absolute atomic E-state index is 0.786. The van der Waals surface area contributed by atoms with Gasteiger partial charge in [-0.05, 0) is 62.8 Å². The van der Waals surface area contributed by atoms with Crippen LogP contribution in [0.1, 0.15) is 44.9 Å². The van der Waals surface area contributed by atoms with E-state index < -0.39 is 0 Å². The number of fused-ring (bicyclic) bond motifs is 2. The van der Waals surface area contributed by atoms with Crippen molar-refractivity contribution in [3.63, 3.8) is 0 Å². The monoisotopic (exact) mass is 205 g/mol. The van der Waals surface area contributed by atoms with Crippen LogP contribution in [-0.4, -0.2) is 12.6 Å². The quantitative estimate of drug-likeness (QED) is 0.698. The molecule has 3 aliphatic carbocycles. The maximum Gasteiger partial charge on any atom is 0.0105 e. The number of allylic oxidation sites excluding steroid dienone is 1. The molecule has 1 nitrogen and oxygen atoms in total. The molecule has 15 heavy (non-hydrogen) atoms. The van der Waals surface area contributed by atoms with Gasteiger partial charge in [0.2, 0.25) is 0 Å². The Hall–Kier alpha value is -0.300. The summed E-state index contributed by atoms with van der Waals surface area (Å²) in [4.78, 5) is 0. The van der Waals surface area contributed by atoms with Crippen molar-refractivity contribution >= 4 is 0 Å². The Labute approximate surface area is 93.3 Å². The molecule has 3 aliphatic rings. The molecule has 0 aromatic heterocycles. The third-order valence-electron chi connectivity index (χ3n) is 4.82. The molecule has 0 radical (unpaired) electrons. The van der Waals surface area contributed by atoms with Gasteiger partial charge in [-0.3, -0.25) is 0 Å². The predicted octanol–water partition coefficient (Wildman–Crippen LogP) is 3.12. The van der Waals surface area contributed by atoms with Gasteiger partial charge in [0, 0.05) is 6.04 Å². The van der Waals surface area contributed by atoms with Crippen LogP contribution in [0.4, 0.5) is 0 Å². The van der Waals surface area contributed by atoms with E-state index in [1.165, 1.54) is 45.1 Å². The molecule has 2 saturated carbocycles. The minimum atomic E-state index is 0.786. The highest BCUT2D eigenvalue weighted by Crippen LogP contribution is 2.47. The van der Waals surface area contributed by atoms with Crippen LogP contribution in [0.3, 0.4) is 0 Å². The molecule has 0 aromatic carbocycles. The van der Waals surface area contributed by atoms with Crippen molar-refractivity contribution in [2.45, 2.75) is 51.0 Å². The molecule has 1 heteroatoms. The van der Waals surface area contributed by atoms with Gasteiger partial charge in [0.1, 0.15) is 0 Å². The zero-order valence-corrected chi connectivity index (χ0v) is 9.62. The van der Waals surface area contributed by atoms with Crippen LogP contribution in [0.2, 0.25) is 0 Å². The predicted molar refractivity (Wildman–Crippen MR) is 63.7 cm³/mol. The summed E-state index contributed by atoms with van der Waals surface area (Å²) in [6.07, 6.45) is 14.7. The standard InChI is InChI=1S/C14H23N/c1-2-4-14(5-3-1)15-10-13-9-11-6-7-12(13)8-11/h1-2,11-15H,3-10H2. The normalized spacial score (nSPS) is 43.7. The Bertz CT molecular complexity index is 246. The average Bonchev–Trinajstić information content (AvgIpc) is 2.89. The Balaban J connectivity index is 1.44. The fourth-order valence-corrected chi connectivity index (χ4v) is 3.92. The zero-order chi connectivity index (χ0) is 10.1. The summed E-state index contributed by atoms with van der Waals surface area (Å²) >= 11 is 0. The molecule has 0 aromatic rings. The van der Waals surface area contributed by atoms with Crippen molar-refractivity contribution in [3.05, 3.63) is 12.2 Å². The number of nitrogens with one attached hydrogen (secondary N) is 1. The van der Waals surface area contributed by atoms with Gasteiger partial charge in [0.05, 0.1) is 0 Å². The van der Waals surface area contributed by atoms with Gasteiger partial charge < -0.3 is 5.32 Å². The van der Waals surface area contributed by atoms with Crippen LogP contribution in [0.25, 0.3) is 0 Å². The molecule has 4 unspecified atom stereocenters. The summed E-state index contributed by atoms with van der Waals surface area (Å²) in [5.74, 6) is 3.21. The molecule has 4 atom stereocenters. The summed E-state index contributed by atoms with van der Waals surface area (Å²) in [5, 5.41) is 3.80. The van der Waals surface area contributed by atoms with Crippen molar-refractivity contribution in [3.8, 4) is 0 Å². The van der Waals surface area contributed by atoms with Gasteiger partial charge in [-0.25, -0.2) is 0 Å². The van der Waals surface area contributed by atoms with E-state index >= 15 is 0 Å². The summed E-state index contributed by atoms with van der Waals surface area (Å²) in [7, 11) is 0. The van der Waals surface area contributed by atoms with E-state index in [4.69, 9.17) is 0 Å². The van der Waals surface area contributed by atoms with Crippen molar-refractivity contribution in [1.82, 2.24) is 5.32 Å². The third kappa shape index (κ3) is 2.13. The molecule has 0 amide bonds. The number of rotatable bonds is 3. The first-order valence-electron chi connectivity index (χ1n) is 6.80. The summed E-state index contributed by atoms with van der Waals surface area (Å²) in [6.45, 7) is 1.31. The topological polar surface area (TPSA) is 12.0 Å². The molecule has 0 saturated heterocycles. The van der Waals surface area contributed by atoms with E-state index in [-0.39, 0.29) is 0 Å². The lowest BCUT2D eigenvalue weighted by Crippen LogP contribution is -2.35. The molecule has 0 heterocycles. The van der Waals surface area contributed by atoms with Crippen LogP contribution in [-0.2, 0) is 0 Å². The van der Waals surface area contributed by atoms with E-state index in [0.29, 0.717) is 0 Å². The molecular formula is C14H23N. The molecule has 1 N–H and O–H groups in total. The molecule has 0 spiro atoms. The van der Waals surface area contributed by atoms with E-state index in [1.54, 1.807) is 6.42 Å². The van der Waals surface area contributed by atoms with Gasteiger partial charge in [-0.1, -0.05) is 18.6 Å². The number of hydrogen-bond acceptors (Lipinski definition) is 1. The van der Waals surface area contributed by atoms with Gasteiger partial charge in [-0.2, -0.15) is 0 Å². The first-order chi connectivity index (χ1) is 7.42. The van der Waals surface area contributed by atoms with Crippen molar-refractivity contribution in [1.29, 1.82) is 0 Å². The fraction of sp³-hybridized carbons (Fsp3) is 0.857. The summed E-state index contributed by atoms with van der Waals surface area (Å²) in [5.41, 5.74) is 0. The molecular weight excluding hydrogens is 182 g/mol. The second-order valence-electron chi connectivity index (χ2n) is 5.82. The minimum Gasteiger partial charge on any atom is -0.313 e. The Morgan fingerprint density at radius 3 is 2.73 bits per heavy atom. The summed E-state index contributed by atoms with van der Waals surface area (Å²) in [6, 6.07) is 0.786. The smallest absolute Gasteiger partial charge is 0.0105 e. The van der Waals surface area contributed by atoms with Gasteiger partial charge in [-0.15, -0.1) is 0 Å². The van der Waals surface area contributed by atoms with Crippen molar-refractivity contribution < 1.29 is 0 Å². The summed E-state index contributed by atoms with van der Waals surface area (Å²) < 4.78 is 0. The molecule has 2 fully saturated rings. The highest BCUT2D eigenvalue weighted by Gasteiger charge is 2.39. The lowest BCUT2D eigenvalue weighted by Gasteiger charge is -2.26. The molecule has 3 rings (SSSR count). The van der Waals surface area contributed by atoms with E-state index in [1.807, 2.05) is 0 Å². The molecule has 0 aliphatic heterocycles. The second-order valence-corrected chi connectivity index (χ2v) is 5.82. The lowest BCUT2D eigenvalue weighted by atomic mass is 9.88. The highest BCUT2D eigenvalue weighted by molar-refractivity contribution is 4.95. The third-order valence-corrected chi connectivity index (χ3v) is 4.82. The Kier molecular flexibility index (Phi) is 2.83. The van der Waals surface area contributed by atoms with E-state index in [2.05, 4.69) is 17.5 Å². The van der Waals surface area contributed by atoms with Crippen LogP contribution < -0.4 is 5.32 Å². The zero-order valence-electron chi connectivity index (χ0n) is 9.62. The lowest BCUT2D eigenvalue weighted by molar-refractivity contribution is 0.301. The van der Waals surface area contributed by atoms with Gasteiger partial charge >= 0.3 is 0 Å².